The van der Waals surface area contributed by atoms with Gasteiger partial charge in [-0.25, -0.2) is 13.8 Å². The molecular formula is C19H19ClF2N4O2. The van der Waals surface area contributed by atoms with Gasteiger partial charge in [0.15, 0.2) is 0 Å². The number of carbonyl (C=O) groups excluding carboxylic acids is 2. The fourth-order valence-electron chi connectivity index (χ4n) is 3.08. The van der Waals surface area contributed by atoms with Crippen molar-refractivity contribution in [3.05, 3.63) is 52.7 Å². The highest BCUT2D eigenvalue weighted by Crippen LogP contribution is 2.31. The van der Waals surface area contributed by atoms with E-state index >= 15 is 0 Å². The number of hydrogen-bond donors (Lipinski definition) is 2. The van der Waals surface area contributed by atoms with Gasteiger partial charge < -0.3 is 16.0 Å². The Labute approximate surface area is 165 Å². The van der Waals surface area contributed by atoms with Crippen LogP contribution in [0.25, 0.3) is 0 Å². The average Bonchev–Trinajstić information content (AvgIpc) is 2.82. The summed E-state index contributed by atoms with van der Waals surface area (Å²) < 4.78 is 27.4. The van der Waals surface area contributed by atoms with Crippen molar-refractivity contribution in [2.75, 3.05) is 23.3 Å². The Kier molecular flexibility index (Phi) is 5.79. The van der Waals surface area contributed by atoms with E-state index < -0.39 is 17.7 Å². The van der Waals surface area contributed by atoms with Crippen LogP contribution in [0, 0.1) is 0 Å². The zero-order valence-corrected chi connectivity index (χ0v) is 15.7. The highest BCUT2D eigenvalue weighted by atomic mass is 35.5. The van der Waals surface area contributed by atoms with Crippen LogP contribution in [0.1, 0.15) is 40.0 Å². The van der Waals surface area contributed by atoms with Crippen LogP contribution >= 0.6 is 11.6 Å². The largest absolute Gasteiger partial charge is 0.366 e. The second-order valence-corrected chi connectivity index (χ2v) is 7.06. The Balaban J connectivity index is 1.87. The van der Waals surface area contributed by atoms with Crippen LogP contribution in [0.15, 0.2) is 36.5 Å². The highest BCUT2D eigenvalue weighted by molar-refractivity contribution is 6.31. The first-order valence-corrected chi connectivity index (χ1v) is 9.12. The molecule has 0 atom stereocenters. The fraction of sp³-hybridized carbons (Fsp3) is 0.316. The molecule has 28 heavy (non-hydrogen) atoms. The molecule has 0 bridgehead atoms. The minimum atomic E-state index is -2.72. The molecule has 3 N–H and O–H groups in total. The summed E-state index contributed by atoms with van der Waals surface area (Å²) in [6, 6.07) is 7.62. The molecule has 1 aliphatic rings. The minimum Gasteiger partial charge on any atom is -0.366 e. The number of benzene rings is 1. The van der Waals surface area contributed by atoms with Crippen molar-refractivity contribution in [3.63, 3.8) is 0 Å². The number of primary amides is 1. The fourth-order valence-corrected chi connectivity index (χ4v) is 3.23. The van der Waals surface area contributed by atoms with Gasteiger partial charge in [0.05, 0.1) is 10.6 Å². The summed E-state index contributed by atoms with van der Waals surface area (Å²) in [4.78, 5) is 30.0. The maximum absolute atomic E-state index is 13.7. The van der Waals surface area contributed by atoms with Gasteiger partial charge in [0.1, 0.15) is 5.82 Å². The number of alkyl halides is 2. The molecule has 0 radical (unpaired) electrons. The van der Waals surface area contributed by atoms with Crippen molar-refractivity contribution in [1.29, 1.82) is 0 Å². The van der Waals surface area contributed by atoms with Gasteiger partial charge in [-0.1, -0.05) is 17.7 Å². The summed E-state index contributed by atoms with van der Waals surface area (Å²) in [5.41, 5.74) is 6.04. The summed E-state index contributed by atoms with van der Waals surface area (Å²) >= 11 is 6.00. The lowest BCUT2D eigenvalue weighted by Crippen LogP contribution is -2.29. The van der Waals surface area contributed by atoms with E-state index in [0.717, 1.165) is 0 Å². The lowest BCUT2D eigenvalue weighted by atomic mass is 10.1. The standard InChI is InChI=1S/C19H19ClF2N4O2/c20-13-10-15(18(28)25-14-4-1-3-12(9-14)16(23)27)17(24-11-13)26-7-2-5-19(21,22)6-8-26/h1,3-4,9-11H,2,5-8H2,(H2,23,27)(H,25,28). The number of aromatic nitrogens is 1. The predicted octanol–water partition coefficient (Wildman–Crippen LogP) is 3.71. The zero-order valence-electron chi connectivity index (χ0n) is 14.9. The Morgan fingerprint density at radius 1 is 1.21 bits per heavy atom. The number of hydrogen-bond acceptors (Lipinski definition) is 4. The van der Waals surface area contributed by atoms with E-state index in [9.17, 15) is 18.4 Å². The second-order valence-electron chi connectivity index (χ2n) is 6.62. The van der Waals surface area contributed by atoms with Crippen molar-refractivity contribution >= 4 is 34.9 Å². The minimum absolute atomic E-state index is 0.0824. The molecule has 0 spiro atoms. The topological polar surface area (TPSA) is 88.3 Å². The number of carbonyl (C=O) groups is 2. The summed E-state index contributed by atoms with van der Waals surface area (Å²) in [6.45, 7) is 0.445. The first kappa shape index (κ1) is 20.0. The van der Waals surface area contributed by atoms with Crippen molar-refractivity contribution in [2.24, 2.45) is 5.73 Å². The second kappa shape index (κ2) is 8.10. The molecule has 1 saturated heterocycles. The van der Waals surface area contributed by atoms with Crippen LogP contribution in [-0.4, -0.2) is 35.8 Å². The molecule has 1 aliphatic heterocycles. The SMILES string of the molecule is NC(=O)c1cccc(NC(=O)c2cc(Cl)cnc2N2CCCC(F)(F)CC2)c1. The van der Waals surface area contributed by atoms with Gasteiger partial charge in [-0.2, -0.15) is 0 Å². The summed E-state index contributed by atoms with van der Waals surface area (Å²) in [6.07, 6.45) is 1.17. The van der Waals surface area contributed by atoms with Crippen LogP contribution in [-0.2, 0) is 0 Å². The lowest BCUT2D eigenvalue weighted by Gasteiger charge is -2.24. The van der Waals surface area contributed by atoms with Crippen molar-refractivity contribution < 1.29 is 18.4 Å². The first-order chi connectivity index (χ1) is 13.2. The first-order valence-electron chi connectivity index (χ1n) is 8.75. The van der Waals surface area contributed by atoms with Gasteiger partial charge in [0.2, 0.25) is 11.8 Å². The number of anilines is 2. The normalized spacial score (nSPS) is 16.3. The third-order valence-electron chi connectivity index (χ3n) is 4.50. The van der Waals surface area contributed by atoms with Gasteiger partial charge in [0, 0.05) is 43.4 Å². The number of nitrogens with two attached hydrogens (primary N) is 1. The van der Waals surface area contributed by atoms with E-state index in [0.29, 0.717) is 24.5 Å². The Hall–Kier alpha value is -2.74. The Morgan fingerprint density at radius 2 is 2.00 bits per heavy atom. The monoisotopic (exact) mass is 408 g/mol. The molecule has 1 fully saturated rings. The molecule has 0 saturated carbocycles. The summed E-state index contributed by atoms with van der Waals surface area (Å²) in [7, 11) is 0. The van der Waals surface area contributed by atoms with Crippen LogP contribution < -0.4 is 16.0 Å². The van der Waals surface area contributed by atoms with Crippen molar-refractivity contribution in [3.8, 4) is 0 Å². The molecule has 1 aromatic carbocycles. The van der Waals surface area contributed by atoms with Gasteiger partial charge >= 0.3 is 0 Å². The number of nitrogens with one attached hydrogen (secondary N) is 1. The number of rotatable bonds is 4. The molecule has 2 aromatic rings. The van der Waals surface area contributed by atoms with E-state index in [1.807, 2.05) is 0 Å². The number of pyridine rings is 1. The van der Waals surface area contributed by atoms with Gasteiger partial charge in [0.25, 0.3) is 5.91 Å². The number of amides is 2. The van der Waals surface area contributed by atoms with Crippen LogP contribution in [0.2, 0.25) is 5.02 Å². The third kappa shape index (κ3) is 4.75. The predicted molar refractivity (Wildman–Crippen MR) is 103 cm³/mol. The van der Waals surface area contributed by atoms with Crippen molar-refractivity contribution in [2.45, 2.75) is 25.2 Å². The summed E-state index contributed by atoms with van der Waals surface area (Å²) in [5.74, 6) is -3.56. The average molecular weight is 409 g/mol. The van der Waals surface area contributed by atoms with Gasteiger partial charge in [-0.15, -0.1) is 0 Å². The van der Waals surface area contributed by atoms with E-state index in [-0.39, 0.29) is 35.5 Å². The summed E-state index contributed by atoms with van der Waals surface area (Å²) in [5, 5.41) is 2.92. The van der Waals surface area contributed by atoms with Crippen LogP contribution in [0.3, 0.4) is 0 Å². The molecule has 3 rings (SSSR count). The maximum atomic E-state index is 13.7. The van der Waals surface area contributed by atoms with E-state index in [4.69, 9.17) is 17.3 Å². The molecule has 0 unspecified atom stereocenters. The lowest BCUT2D eigenvalue weighted by molar-refractivity contribution is -0.0102. The smallest absolute Gasteiger partial charge is 0.259 e. The molecule has 2 heterocycles. The molecule has 1 aromatic heterocycles. The molecule has 0 aliphatic carbocycles. The number of nitrogens with zero attached hydrogens (tertiary/aromatic N) is 2. The maximum Gasteiger partial charge on any atom is 0.259 e. The van der Waals surface area contributed by atoms with Crippen LogP contribution in [0.4, 0.5) is 20.3 Å². The number of halogens is 3. The van der Waals surface area contributed by atoms with Gasteiger partial charge in [-0.05, 0) is 30.7 Å². The van der Waals surface area contributed by atoms with Crippen LogP contribution in [0.5, 0.6) is 0 Å². The molecular weight excluding hydrogens is 390 g/mol. The van der Waals surface area contributed by atoms with Gasteiger partial charge in [-0.3, -0.25) is 9.59 Å². The van der Waals surface area contributed by atoms with E-state index in [2.05, 4.69) is 10.3 Å². The third-order valence-corrected chi connectivity index (χ3v) is 4.71. The quantitative estimate of drug-likeness (QED) is 0.807. The van der Waals surface area contributed by atoms with Crippen molar-refractivity contribution in [1.82, 2.24) is 4.98 Å². The Morgan fingerprint density at radius 3 is 2.75 bits per heavy atom. The van der Waals surface area contributed by atoms with E-state index in [1.165, 1.54) is 24.4 Å². The Bertz CT molecular complexity index is 907. The molecule has 2 amide bonds. The molecule has 148 valence electrons. The zero-order chi connectivity index (χ0) is 20.3. The molecule has 9 heteroatoms. The highest BCUT2D eigenvalue weighted by Gasteiger charge is 2.33. The molecule has 6 nitrogen and oxygen atoms in total. The van der Waals surface area contributed by atoms with E-state index in [1.54, 1.807) is 17.0 Å².